The van der Waals surface area contributed by atoms with Crippen molar-refractivity contribution in [3.63, 3.8) is 0 Å². The molecule has 3 aromatic rings. The van der Waals surface area contributed by atoms with Gasteiger partial charge in [0.15, 0.2) is 0 Å². The monoisotopic (exact) mass is 379 g/mol. The Labute approximate surface area is 162 Å². The van der Waals surface area contributed by atoms with Gasteiger partial charge >= 0.3 is 12.0 Å². The van der Waals surface area contributed by atoms with Crippen LogP contribution in [0.15, 0.2) is 42.5 Å². The van der Waals surface area contributed by atoms with E-state index in [1.54, 1.807) is 36.3 Å². The van der Waals surface area contributed by atoms with Crippen LogP contribution in [0.2, 0.25) is 0 Å². The van der Waals surface area contributed by atoms with Gasteiger partial charge in [-0.15, -0.1) is 0 Å². The summed E-state index contributed by atoms with van der Waals surface area (Å²) in [5.41, 5.74) is 4.40. The van der Waals surface area contributed by atoms with Crippen LogP contribution in [-0.2, 0) is 17.7 Å². The Kier molecular flexibility index (Phi) is 4.65. The number of carbonyl (C=O) groups is 2. The molecular formula is C21H21N3O4. The predicted octanol–water partition coefficient (Wildman–Crippen LogP) is 3.55. The summed E-state index contributed by atoms with van der Waals surface area (Å²) in [6.07, 6.45) is 0.765. The first kappa shape index (κ1) is 17.9. The minimum absolute atomic E-state index is 0.172. The van der Waals surface area contributed by atoms with Crippen LogP contribution >= 0.6 is 0 Å². The van der Waals surface area contributed by atoms with Gasteiger partial charge in [-0.3, -0.25) is 0 Å². The summed E-state index contributed by atoms with van der Waals surface area (Å²) in [4.78, 5) is 29.5. The van der Waals surface area contributed by atoms with Crippen molar-refractivity contribution < 1.29 is 19.1 Å². The number of aromatic amines is 1. The Morgan fingerprint density at radius 3 is 2.61 bits per heavy atom. The summed E-state index contributed by atoms with van der Waals surface area (Å²) in [5.74, 6) is 0.387. The minimum atomic E-state index is -0.406. The molecule has 7 nitrogen and oxygen atoms in total. The number of carbonyl (C=O) groups excluding carboxylic acids is 2. The van der Waals surface area contributed by atoms with Gasteiger partial charge in [0.2, 0.25) is 0 Å². The summed E-state index contributed by atoms with van der Waals surface area (Å²) < 4.78 is 10.0. The number of methoxy groups -OCH3 is 2. The van der Waals surface area contributed by atoms with Gasteiger partial charge in [-0.25, -0.2) is 9.59 Å². The summed E-state index contributed by atoms with van der Waals surface area (Å²) in [6, 6.07) is 12.4. The molecule has 1 aromatic heterocycles. The molecule has 2 N–H and O–H groups in total. The van der Waals surface area contributed by atoms with Crippen LogP contribution in [0.3, 0.4) is 0 Å². The highest BCUT2D eigenvalue weighted by Crippen LogP contribution is 2.30. The molecule has 1 aliphatic rings. The molecule has 2 heterocycles. The van der Waals surface area contributed by atoms with Crippen molar-refractivity contribution in [3.05, 3.63) is 59.3 Å². The van der Waals surface area contributed by atoms with E-state index in [9.17, 15) is 9.59 Å². The van der Waals surface area contributed by atoms with Crippen LogP contribution in [0.5, 0.6) is 5.75 Å². The number of rotatable bonds is 3. The zero-order chi connectivity index (χ0) is 19.7. The second kappa shape index (κ2) is 7.26. The second-order valence-electron chi connectivity index (χ2n) is 6.66. The molecule has 0 unspecified atom stereocenters. The van der Waals surface area contributed by atoms with Crippen LogP contribution in [0.4, 0.5) is 10.5 Å². The highest BCUT2D eigenvalue weighted by Gasteiger charge is 2.24. The lowest BCUT2D eigenvalue weighted by Gasteiger charge is -2.27. The molecule has 2 amide bonds. The quantitative estimate of drug-likeness (QED) is 0.682. The third kappa shape index (κ3) is 3.26. The summed E-state index contributed by atoms with van der Waals surface area (Å²) >= 11 is 0. The molecule has 0 bridgehead atoms. The van der Waals surface area contributed by atoms with E-state index < -0.39 is 5.97 Å². The molecule has 1 aliphatic heterocycles. The zero-order valence-electron chi connectivity index (χ0n) is 15.7. The normalized spacial score (nSPS) is 13.1. The van der Waals surface area contributed by atoms with E-state index in [0.717, 1.165) is 34.3 Å². The smallest absolute Gasteiger partial charge is 0.337 e. The molecule has 4 rings (SSSR count). The number of anilines is 1. The fraction of sp³-hybridized carbons (Fsp3) is 0.238. The van der Waals surface area contributed by atoms with Crippen LogP contribution in [0.25, 0.3) is 10.9 Å². The first-order chi connectivity index (χ1) is 13.6. The topological polar surface area (TPSA) is 83.7 Å². The van der Waals surface area contributed by atoms with Crippen molar-refractivity contribution in [3.8, 4) is 5.75 Å². The Morgan fingerprint density at radius 1 is 1.11 bits per heavy atom. The van der Waals surface area contributed by atoms with Gasteiger partial charge in [0.25, 0.3) is 0 Å². The lowest BCUT2D eigenvalue weighted by atomic mass is 10.0. The largest absolute Gasteiger partial charge is 0.497 e. The van der Waals surface area contributed by atoms with Crippen LogP contribution in [0, 0.1) is 0 Å². The van der Waals surface area contributed by atoms with Crippen LogP contribution in [-0.4, -0.2) is 42.6 Å². The maximum Gasteiger partial charge on any atom is 0.337 e. The fourth-order valence-corrected chi connectivity index (χ4v) is 3.50. The van der Waals surface area contributed by atoms with E-state index in [-0.39, 0.29) is 6.03 Å². The van der Waals surface area contributed by atoms with Crippen LogP contribution < -0.4 is 10.1 Å². The summed E-state index contributed by atoms with van der Waals surface area (Å²) in [6.45, 7) is 1.15. The molecule has 0 aliphatic carbocycles. The molecular weight excluding hydrogens is 358 g/mol. The zero-order valence-corrected chi connectivity index (χ0v) is 15.7. The number of hydrogen-bond acceptors (Lipinski definition) is 4. The van der Waals surface area contributed by atoms with Gasteiger partial charge in [-0.2, -0.15) is 0 Å². The molecule has 0 fully saturated rings. The van der Waals surface area contributed by atoms with Gasteiger partial charge in [-0.05, 0) is 42.5 Å². The van der Waals surface area contributed by atoms with Crippen molar-refractivity contribution in [1.82, 2.24) is 9.88 Å². The van der Waals surface area contributed by atoms with Crippen LogP contribution in [0.1, 0.15) is 21.6 Å². The highest BCUT2D eigenvalue weighted by atomic mass is 16.5. The number of nitrogens with one attached hydrogen (secondary N) is 2. The molecule has 0 spiro atoms. The molecule has 0 radical (unpaired) electrons. The third-order valence-electron chi connectivity index (χ3n) is 5.03. The van der Waals surface area contributed by atoms with E-state index in [1.807, 2.05) is 18.2 Å². The van der Waals surface area contributed by atoms with Crippen molar-refractivity contribution >= 4 is 28.6 Å². The number of ether oxygens (including phenoxy) is 2. The molecule has 28 heavy (non-hydrogen) atoms. The molecule has 144 valence electrons. The Hall–Kier alpha value is -3.48. The Balaban J connectivity index is 1.50. The molecule has 0 saturated heterocycles. The number of hydrogen-bond donors (Lipinski definition) is 2. The number of H-pyrrole nitrogens is 1. The van der Waals surface area contributed by atoms with E-state index in [1.165, 1.54) is 7.11 Å². The van der Waals surface area contributed by atoms with Gasteiger partial charge < -0.3 is 24.7 Å². The Bertz CT molecular complexity index is 1040. The Morgan fingerprint density at radius 2 is 1.89 bits per heavy atom. The van der Waals surface area contributed by atoms with E-state index in [2.05, 4.69) is 15.0 Å². The first-order valence-electron chi connectivity index (χ1n) is 9.01. The molecule has 0 saturated carbocycles. The van der Waals surface area contributed by atoms with Crippen molar-refractivity contribution in [2.75, 3.05) is 26.1 Å². The maximum absolute atomic E-state index is 12.7. The highest BCUT2D eigenvalue weighted by molar-refractivity contribution is 5.93. The number of esters is 1. The number of fused-ring (bicyclic) bond motifs is 3. The number of urea groups is 1. The molecule has 2 aromatic carbocycles. The molecule has 7 heteroatoms. The predicted molar refractivity (Wildman–Crippen MR) is 106 cm³/mol. The van der Waals surface area contributed by atoms with Gasteiger partial charge in [0.1, 0.15) is 5.75 Å². The van der Waals surface area contributed by atoms with Crippen molar-refractivity contribution in [2.45, 2.75) is 13.0 Å². The van der Waals surface area contributed by atoms with Crippen molar-refractivity contribution in [2.24, 2.45) is 0 Å². The SMILES string of the molecule is COC(=O)c1ccc(NC(=O)N2CCc3[nH]c4ccc(OC)cc4c3C2)cc1. The molecule has 0 atom stereocenters. The number of aromatic nitrogens is 1. The van der Waals surface area contributed by atoms with Gasteiger partial charge in [-0.1, -0.05) is 0 Å². The number of amides is 2. The summed E-state index contributed by atoms with van der Waals surface area (Å²) in [5, 5.41) is 3.97. The lowest BCUT2D eigenvalue weighted by Crippen LogP contribution is -2.38. The first-order valence-corrected chi connectivity index (χ1v) is 9.01. The number of nitrogens with zero attached hydrogens (tertiary/aromatic N) is 1. The average molecular weight is 379 g/mol. The van der Waals surface area contributed by atoms with E-state index >= 15 is 0 Å². The lowest BCUT2D eigenvalue weighted by molar-refractivity contribution is 0.0600. The standard InChI is InChI=1S/C21H21N3O4/c1-27-15-7-8-18-16(11-15)17-12-24(10-9-19(17)23-18)21(26)22-14-5-3-13(4-6-14)20(25)28-2/h3-8,11,23H,9-10,12H2,1-2H3,(H,22,26). The van der Waals surface area contributed by atoms with E-state index in [0.29, 0.717) is 24.3 Å². The minimum Gasteiger partial charge on any atom is -0.497 e. The summed E-state index contributed by atoms with van der Waals surface area (Å²) in [7, 11) is 2.98. The van der Waals surface area contributed by atoms with E-state index in [4.69, 9.17) is 4.74 Å². The average Bonchev–Trinajstić information content (AvgIpc) is 3.10. The van der Waals surface area contributed by atoms with Crippen molar-refractivity contribution in [1.29, 1.82) is 0 Å². The fourth-order valence-electron chi connectivity index (χ4n) is 3.50. The maximum atomic E-state index is 12.7. The van der Waals surface area contributed by atoms with Gasteiger partial charge in [0.05, 0.1) is 19.8 Å². The second-order valence-corrected chi connectivity index (χ2v) is 6.66. The third-order valence-corrected chi connectivity index (χ3v) is 5.03. The number of benzene rings is 2. The van der Waals surface area contributed by atoms with Gasteiger partial charge in [0, 0.05) is 47.4 Å².